The summed E-state index contributed by atoms with van der Waals surface area (Å²) in [5.41, 5.74) is 1.13. The van der Waals surface area contributed by atoms with Gasteiger partial charge >= 0.3 is 0 Å². The maximum atomic E-state index is 11.3. The minimum absolute atomic E-state index is 0.00653. The number of hydrogen-bond donors (Lipinski definition) is 2. The lowest BCUT2D eigenvalue weighted by molar-refractivity contribution is -0.119. The molecule has 0 bridgehead atoms. The number of likely N-dealkylation sites (N-methyl/N-ethyl adjacent to an activating group) is 2. The highest BCUT2D eigenvalue weighted by molar-refractivity contribution is 5.80. The summed E-state index contributed by atoms with van der Waals surface area (Å²) in [6.07, 6.45) is 1.83. The van der Waals surface area contributed by atoms with Gasteiger partial charge in [-0.05, 0) is 25.6 Å². The first-order valence-electron chi connectivity index (χ1n) is 5.76. The zero-order chi connectivity index (χ0) is 12.7. The van der Waals surface area contributed by atoms with E-state index in [1.54, 1.807) is 7.05 Å². The van der Waals surface area contributed by atoms with Gasteiger partial charge in [0, 0.05) is 26.3 Å². The summed E-state index contributed by atoms with van der Waals surface area (Å²) in [5.74, 6) is 0.823. The van der Waals surface area contributed by atoms with Gasteiger partial charge in [-0.3, -0.25) is 4.79 Å². The Balaban J connectivity index is 2.71. The Morgan fingerprint density at radius 3 is 2.65 bits per heavy atom. The summed E-state index contributed by atoms with van der Waals surface area (Å²) in [6.45, 7) is 3.90. The van der Waals surface area contributed by atoms with E-state index in [1.165, 1.54) is 0 Å². The summed E-state index contributed by atoms with van der Waals surface area (Å²) >= 11 is 0. The molecule has 1 aromatic rings. The molecule has 0 spiro atoms. The van der Waals surface area contributed by atoms with Crippen LogP contribution in [0, 0.1) is 0 Å². The number of carbonyl (C=O) groups excluding carboxylic acids is 1. The fourth-order valence-corrected chi connectivity index (χ4v) is 1.52. The van der Waals surface area contributed by atoms with Crippen molar-refractivity contribution >= 4 is 11.7 Å². The summed E-state index contributed by atoms with van der Waals surface area (Å²) < 4.78 is 0. The molecule has 0 unspecified atom stereocenters. The van der Waals surface area contributed by atoms with Crippen molar-refractivity contribution in [3.05, 3.63) is 23.9 Å². The van der Waals surface area contributed by atoms with Crippen molar-refractivity contribution in [2.45, 2.75) is 13.5 Å². The fraction of sp³-hybridized carbons (Fsp3) is 0.500. The van der Waals surface area contributed by atoms with Crippen LogP contribution in [0.1, 0.15) is 12.5 Å². The van der Waals surface area contributed by atoms with Gasteiger partial charge in [-0.25, -0.2) is 4.98 Å². The van der Waals surface area contributed by atoms with E-state index in [4.69, 9.17) is 0 Å². The predicted octanol–water partition coefficient (Wildman–Crippen LogP) is 0.373. The molecule has 1 heterocycles. The Hall–Kier alpha value is -1.62. The van der Waals surface area contributed by atoms with Crippen LogP contribution < -0.4 is 15.5 Å². The zero-order valence-corrected chi connectivity index (χ0v) is 10.7. The molecule has 0 saturated heterocycles. The van der Waals surface area contributed by atoms with Gasteiger partial charge in [-0.15, -0.1) is 0 Å². The van der Waals surface area contributed by atoms with Crippen molar-refractivity contribution in [3.8, 4) is 0 Å². The quantitative estimate of drug-likeness (QED) is 0.749. The molecule has 0 aliphatic heterocycles. The summed E-state index contributed by atoms with van der Waals surface area (Å²) in [7, 11) is 3.54. The molecule has 94 valence electrons. The molecular formula is C12H20N4O. The molecule has 5 heteroatoms. The molecule has 0 radical (unpaired) electrons. The van der Waals surface area contributed by atoms with E-state index in [0.717, 1.165) is 24.5 Å². The summed E-state index contributed by atoms with van der Waals surface area (Å²) in [4.78, 5) is 17.6. The highest BCUT2D eigenvalue weighted by atomic mass is 16.1. The van der Waals surface area contributed by atoms with Crippen LogP contribution >= 0.6 is 0 Å². The Kier molecular flexibility index (Phi) is 5.42. The lowest BCUT2D eigenvalue weighted by Gasteiger charge is -2.20. The van der Waals surface area contributed by atoms with Crippen molar-refractivity contribution in [1.82, 2.24) is 15.6 Å². The minimum atomic E-state index is -0.00653. The van der Waals surface area contributed by atoms with Gasteiger partial charge in [-0.1, -0.05) is 6.07 Å². The van der Waals surface area contributed by atoms with Gasteiger partial charge in [0.1, 0.15) is 5.82 Å². The van der Waals surface area contributed by atoms with Gasteiger partial charge < -0.3 is 15.5 Å². The first-order valence-corrected chi connectivity index (χ1v) is 5.76. The number of nitrogens with zero attached hydrogens (tertiary/aromatic N) is 2. The number of rotatable bonds is 6. The van der Waals surface area contributed by atoms with E-state index in [-0.39, 0.29) is 5.91 Å². The third-order valence-corrected chi connectivity index (χ3v) is 2.51. The Morgan fingerprint density at radius 2 is 2.18 bits per heavy atom. The first-order chi connectivity index (χ1) is 8.21. The largest absolute Gasteiger partial charge is 0.358 e. The molecule has 0 saturated carbocycles. The van der Waals surface area contributed by atoms with Crippen LogP contribution in [0.2, 0.25) is 0 Å². The van der Waals surface area contributed by atoms with Crippen LogP contribution in [0.15, 0.2) is 18.3 Å². The highest BCUT2D eigenvalue weighted by Crippen LogP contribution is 2.10. The second kappa shape index (κ2) is 6.85. The fourth-order valence-electron chi connectivity index (χ4n) is 1.52. The smallest absolute Gasteiger partial charge is 0.239 e. The molecule has 1 aromatic heterocycles. The topological polar surface area (TPSA) is 57.3 Å². The molecule has 17 heavy (non-hydrogen) atoms. The molecule has 1 rings (SSSR count). The van der Waals surface area contributed by atoms with Crippen LogP contribution in [0.4, 0.5) is 5.82 Å². The van der Waals surface area contributed by atoms with E-state index in [0.29, 0.717) is 6.54 Å². The molecule has 0 atom stereocenters. The second-order valence-electron chi connectivity index (χ2n) is 3.74. The van der Waals surface area contributed by atoms with Crippen molar-refractivity contribution < 1.29 is 4.79 Å². The van der Waals surface area contributed by atoms with E-state index in [1.807, 2.05) is 37.2 Å². The molecule has 5 nitrogen and oxygen atoms in total. The molecular weight excluding hydrogens is 216 g/mol. The molecule has 1 amide bonds. The maximum Gasteiger partial charge on any atom is 0.239 e. The number of nitrogens with one attached hydrogen (secondary N) is 2. The lowest BCUT2D eigenvalue weighted by atomic mass is 10.2. The molecule has 0 fully saturated rings. The standard InChI is InChI=1S/C12H20N4O/c1-4-16(9-12(17)14-3)11-6-5-10(7-13-2)8-15-11/h5-6,8,13H,4,7,9H2,1-3H3,(H,14,17). The predicted molar refractivity (Wildman–Crippen MR) is 69.0 cm³/mol. The van der Waals surface area contributed by atoms with E-state index in [2.05, 4.69) is 15.6 Å². The second-order valence-corrected chi connectivity index (χ2v) is 3.74. The Labute approximate surface area is 102 Å². The monoisotopic (exact) mass is 236 g/mol. The van der Waals surface area contributed by atoms with Crippen LogP contribution in [0.5, 0.6) is 0 Å². The van der Waals surface area contributed by atoms with Crippen molar-refractivity contribution in [2.24, 2.45) is 0 Å². The van der Waals surface area contributed by atoms with Crippen molar-refractivity contribution in [2.75, 3.05) is 32.1 Å². The number of carbonyl (C=O) groups is 1. The number of pyridine rings is 1. The average Bonchev–Trinajstić information content (AvgIpc) is 2.37. The minimum Gasteiger partial charge on any atom is -0.358 e. The molecule has 2 N–H and O–H groups in total. The molecule has 0 aliphatic rings. The van der Waals surface area contributed by atoms with E-state index < -0.39 is 0 Å². The number of hydrogen-bond acceptors (Lipinski definition) is 4. The van der Waals surface area contributed by atoms with Crippen molar-refractivity contribution in [1.29, 1.82) is 0 Å². The Bertz CT molecular complexity index is 350. The highest BCUT2D eigenvalue weighted by Gasteiger charge is 2.09. The third-order valence-electron chi connectivity index (χ3n) is 2.51. The van der Waals surface area contributed by atoms with Crippen molar-refractivity contribution in [3.63, 3.8) is 0 Å². The van der Waals surface area contributed by atoms with Gasteiger partial charge in [-0.2, -0.15) is 0 Å². The normalized spacial score (nSPS) is 10.1. The van der Waals surface area contributed by atoms with Gasteiger partial charge in [0.25, 0.3) is 0 Å². The van der Waals surface area contributed by atoms with E-state index in [9.17, 15) is 4.79 Å². The number of aromatic nitrogens is 1. The maximum absolute atomic E-state index is 11.3. The molecule has 0 aliphatic carbocycles. The average molecular weight is 236 g/mol. The summed E-state index contributed by atoms with van der Waals surface area (Å²) in [5, 5.41) is 5.68. The van der Waals surface area contributed by atoms with Gasteiger partial charge in [0.15, 0.2) is 0 Å². The van der Waals surface area contributed by atoms with Crippen LogP contribution in [-0.4, -0.2) is 38.1 Å². The lowest BCUT2D eigenvalue weighted by Crippen LogP contribution is -2.35. The van der Waals surface area contributed by atoms with E-state index >= 15 is 0 Å². The summed E-state index contributed by atoms with van der Waals surface area (Å²) in [6, 6.07) is 3.96. The first kappa shape index (κ1) is 13.4. The molecule has 0 aromatic carbocycles. The van der Waals surface area contributed by atoms with Crippen LogP contribution in [0.25, 0.3) is 0 Å². The van der Waals surface area contributed by atoms with Gasteiger partial charge in [0.05, 0.1) is 6.54 Å². The number of anilines is 1. The van der Waals surface area contributed by atoms with Crippen LogP contribution in [-0.2, 0) is 11.3 Å². The van der Waals surface area contributed by atoms with Gasteiger partial charge in [0.2, 0.25) is 5.91 Å². The zero-order valence-electron chi connectivity index (χ0n) is 10.7. The third kappa shape index (κ3) is 4.03. The SMILES string of the molecule is CCN(CC(=O)NC)c1ccc(CNC)cn1. The van der Waals surface area contributed by atoms with Crippen LogP contribution in [0.3, 0.4) is 0 Å². The Morgan fingerprint density at radius 1 is 1.41 bits per heavy atom. The number of amides is 1.